The highest BCUT2D eigenvalue weighted by Gasteiger charge is 2.46. The van der Waals surface area contributed by atoms with Crippen LogP contribution in [0.4, 0.5) is 0 Å². The van der Waals surface area contributed by atoms with Gasteiger partial charge < -0.3 is 4.74 Å². The van der Waals surface area contributed by atoms with Crippen LogP contribution in [0.25, 0.3) is 0 Å². The smallest absolute Gasteiger partial charge is 0.330 e. The Balaban J connectivity index is 2.41. The maximum absolute atomic E-state index is 12.3. The number of benzene rings is 1. The minimum Gasteiger partial charge on any atom is -0.467 e. The highest BCUT2D eigenvalue weighted by Crippen LogP contribution is 2.38. The van der Waals surface area contributed by atoms with Crippen LogP contribution in [0.1, 0.15) is 37.0 Å². The van der Waals surface area contributed by atoms with Gasteiger partial charge in [-0.25, -0.2) is 4.79 Å². The molecule has 0 bridgehead atoms. The van der Waals surface area contributed by atoms with Crippen molar-refractivity contribution in [2.45, 2.75) is 39.2 Å². The largest absolute Gasteiger partial charge is 0.467 e. The predicted octanol–water partition coefficient (Wildman–Crippen LogP) is 2.56. The molecule has 1 N–H and O–H groups in total. The molecule has 1 aliphatic rings. The molecule has 1 aromatic carbocycles. The average molecular weight is 261 g/mol. The van der Waals surface area contributed by atoms with Gasteiger partial charge in [-0.3, -0.25) is 5.32 Å². The lowest BCUT2D eigenvalue weighted by Crippen LogP contribution is -2.49. The minimum atomic E-state index is -0.652. The Labute approximate surface area is 115 Å². The second kappa shape index (κ2) is 5.33. The van der Waals surface area contributed by atoms with E-state index >= 15 is 0 Å². The highest BCUT2D eigenvalue weighted by molar-refractivity contribution is 5.84. The van der Waals surface area contributed by atoms with Gasteiger partial charge in [-0.15, -0.1) is 0 Å². The molecule has 2 rings (SSSR count). The molecular formula is C16H23NO2. The van der Waals surface area contributed by atoms with E-state index in [1.165, 1.54) is 18.2 Å². The van der Waals surface area contributed by atoms with Crippen molar-refractivity contribution in [3.05, 3.63) is 34.9 Å². The molecule has 0 radical (unpaired) electrons. The first-order valence-corrected chi connectivity index (χ1v) is 6.93. The zero-order valence-electron chi connectivity index (χ0n) is 12.2. The Hall–Kier alpha value is -1.35. The zero-order chi connectivity index (χ0) is 14.0. The molecule has 0 aliphatic heterocycles. The monoisotopic (exact) mass is 261 g/mol. The third kappa shape index (κ3) is 2.52. The number of hydrogen-bond acceptors (Lipinski definition) is 3. The Bertz CT molecular complexity index is 482. The fourth-order valence-corrected chi connectivity index (χ4v) is 2.78. The van der Waals surface area contributed by atoms with Gasteiger partial charge in [0.15, 0.2) is 0 Å². The van der Waals surface area contributed by atoms with Crippen molar-refractivity contribution in [1.29, 1.82) is 0 Å². The number of fused-ring (bicyclic) bond motifs is 1. The molecule has 0 saturated carbocycles. The van der Waals surface area contributed by atoms with Crippen molar-refractivity contribution in [2.75, 3.05) is 13.7 Å². The van der Waals surface area contributed by atoms with E-state index in [4.69, 9.17) is 4.74 Å². The zero-order valence-corrected chi connectivity index (χ0v) is 12.2. The number of aryl methyl sites for hydroxylation is 2. The van der Waals surface area contributed by atoms with Gasteiger partial charge >= 0.3 is 5.97 Å². The van der Waals surface area contributed by atoms with Gasteiger partial charge in [0.25, 0.3) is 0 Å². The summed E-state index contributed by atoms with van der Waals surface area (Å²) in [7, 11) is 1.47. The highest BCUT2D eigenvalue weighted by atomic mass is 16.5. The van der Waals surface area contributed by atoms with E-state index in [-0.39, 0.29) is 5.97 Å². The normalized spacial score (nSPS) is 21.5. The van der Waals surface area contributed by atoms with E-state index in [1.54, 1.807) is 0 Å². The maximum atomic E-state index is 12.3. The molecule has 1 aromatic rings. The summed E-state index contributed by atoms with van der Waals surface area (Å²) in [6.07, 6.45) is 1.71. The first kappa shape index (κ1) is 14.1. The lowest BCUT2D eigenvalue weighted by Gasteiger charge is -2.30. The summed E-state index contributed by atoms with van der Waals surface area (Å²) in [5, 5.41) is 3.45. The van der Waals surface area contributed by atoms with Crippen molar-refractivity contribution < 1.29 is 9.53 Å². The molecule has 1 aliphatic carbocycles. The molecule has 1 unspecified atom stereocenters. The quantitative estimate of drug-likeness (QED) is 0.847. The van der Waals surface area contributed by atoms with Crippen LogP contribution in [-0.4, -0.2) is 19.6 Å². The van der Waals surface area contributed by atoms with Crippen LogP contribution in [0.3, 0.4) is 0 Å². The molecule has 3 heteroatoms. The number of hydrogen-bond donors (Lipinski definition) is 1. The molecule has 0 amide bonds. The minimum absolute atomic E-state index is 0.169. The van der Waals surface area contributed by atoms with Crippen molar-refractivity contribution >= 4 is 5.97 Å². The van der Waals surface area contributed by atoms with Crippen LogP contribution in [0.5, 0.6) is 0 Å². The third-order valence-corrected chi connectivity index (χ3v) is 3.84. The SMILES string of the molecule is COC(=O)C1(NCC(C)C)CCc2ccc(C)cc21. The number of esters is 1. The van der Waals surface area contributed by atoms with Crippen LogP contribution in [-0.2, 0) is 21.5 Å². The lowest BCUT2D eigenvalue weighted by molar-refractivity contribution is -0.149. The summed E-state index contributed by atoms with van der Waals surface area (Å²) < 4.78 is 5.07. The van der Waals surface area contributed by atoms with E-state index in [9.17, 15) is 4.79 Å². The molecule has 0 spiro atoms. The molecule has 0 saturated heterocycles. The standard InChI is InChI=1S/C16H23NO2/c1-11(2)10-17-16(15(18)19-4)8-7-13-6-5-12(3)9-14(13)16/h5-6,9,11,17H,7-8,10H2,1-4H3. The van der Waals surface area contributed by atoms with Gasteiger partial charge in [0.05, 0.1) is 7.11 Å². The van der Waals surface area contributed by atoms with Crippen molar-refractivity contribution in [1.82, 2.24) is 5.32 Å². The second-order valence-corrected chi connectivity index (χ2v) is 5.83. The fraction of sp³-hybridized carbons (Fsp3) is 0.562. The molecule has 1 atom stereocenters. The third-order valence-electron chi connectivity index (χ3n) is 3.84. The number of carbonyl (C=O) groups excluding carboxylic acids is 1. The number of ether oxygens (including phenoxy) is 1. The maximum Gasteiger partial charge on any atom is 0.330 e. The number of nitrogens with one attached hydrogen (secondary N) is 1. The van der Waals surface area contributed by atoms with Gasteiger partial charge in [-0.1, -0.05) is 37.6 Å². The first-order valence-electron chi connectivity index (χ1n) is 6.93. The first-order chi connectivity index (χ1) is 8.99. The topological polar surface area (TPSA) is 38.3 Å². The van der Waals surface area contributed by atoms with Gasteiger partial charge in [-0.2, -0.15) is 0 Å². The van der Waals surface area contributed by atoms with Crippen LogP contribution < -0.4 is 5.32 Å². The van der Waals surface area contributed by atoms with E-state index in [0.29, 0.717) is 5.92 Å². The number of methoxy groups -OCH3 is 1. The summed E-state index contributed by atoms with van der Waals surface area (Å²) in [4.78, 5) is 12.3. The van der Waals surface area contributed by atoms with E-state index in [1.807, 2.05) is 0 Å². The molecule has 3 nitrogen and oxygen atoms in total. The Morgan fingerprint density at radius 3 is 2.84 bits per heavy atom. The Morgan fingerprint density at radius 1 is 1.47 bits per heavy atom. The second-order valence-electron chi connectivity index (χ2n) is 5.83. The Kier molecular flexibility index (Phi) is 3.95. The van der Waals surface area contributed by atoms with Crippen LogP contribution in [0.15, 0.2) is 18.2 Å². The van der Waals surface area contributed by atoms with Crippen molar-refractivity contribution in [3.63, 3.8) is 0 Å². The fourth-order valence-electron chi connectivity index (χ4n) is 2.78. The average Bonchev–Trinajstić information content (AvgIpc) is 2.75. The van der Waals surface area contributed by atoms with Crippen LogP contribution >= 0.6 is 0 Å². The van der Waals surface area contributed by atoms with Crippen molar-refractivity contribution in [3.8, 4) is 0 Å². The molecule has 0 aromatic heterocycles. The van der Waals surface area contributed by atoms with Crippen LogP contribution in [0, 0.1) is 12.8 Å². The van der Waals surface area contributed by atoms with E-state index < -0.39 is 5.54 Å². The van der Waals surface area contributed by atoms with Crippen molar-refractivity contribution in [2.24, 2.45) is 5.92 Å². The summed E-state index contributed by atoms with van der Waals surface area (Å²) in [6.45, 7) is 7.15. The summed E-state index contributed by atoms with van der Waals surface area (Å²) in [6, 6.07) is 6.35. The van der Waals surface area contributed by atoms with E-state index in [2.05, 4.69) is 44.3 Å². The molecule has 104 valence electrons. The summed E-state index contributed by atoms with van der Waals surface area (Å²) in [5.74, 6) is 0.327. The molecule has 19 heavy (non-hydrogen) atoms. The molecule has 0 fully saturated rings. The van der Waals surface area contributed by atoms with Gasteiger partial charge in [0.1, 0.15) is 5.54 Å². The van der Waals surface area contributed by atoms with Gasteiger partial charge in [-0.05, 0) is 43.4 Å². The van der Waals surface area contributed by atoms with Gasteiger partial charge in [0, 0.05) is 0 Å². The summed E-state index contributed by atoms with van der Waals surface area (Å²) >= 11 is 0. The lowest BCUT2D eigenvalue weighted by atomic mass is 9.90. The molecular weight excluding hydrogens is 238 g/mol. The number of rotatable bonds is 4. The number of carbonyl (C=O) groups is 1. The van der Waals surface area contributed by atoms with Crippen LogP contribution in [0.2, 0.25) is 0 Å². The summed E-state index contributed by atoms with van der Waals surface area (Å²) in [5.41, 5.74) is 2.88. The molecule has 0 heterocycles. The predicted molar refractivity (Wildman–Crippen MR) is 76.0 cm³/mol. The van der Waals surface area contributed by atoms with Gasteiger partial charge in [0.2, 0.25) is 0 Å². The van der Waals surface area contributed by atoms with E-state index in [0.717, 1.165) is 24.9 Å². The Morgan fingerprint density at radius 2 is 2.21 bits per heavy atom.